The van der Waals surface area contributed by atoms with Crippen molar-refractivity contribution in [2.24, 2.45) is 0 Å². The average molecular weight is 663 g/mol. The van der Waals surface area contributed by atoms with Crippen molar-refractivity contribution in [2.75, 3.05) is 0 Å². The largest absolute Gasteiger partial charge is 0.298 e. The molecule has 0 atom stereocenters. The van der Waals surface area contributed by atoms with Crippen LogP contribution < -0.4 is 0 Å². The van der Waals surface area contributed by atoms with Crippen LogP contribution in [0.2, 0.25) is 0 Å². The highest BCUT2D eigenvalue weighted by molar-refractivity contribution is 6.07. The summed E-state index contributed by atoms with van der Waals surface area (Å²) in [5.74, 6) is -0.644. The Labute approximate surface area is 304 Å². The Balaban J connectivity index is 1.19. The quantitative estimate of drug-likeness (QED) is 0.173. The molecule has 2 aliphatic carbocycles. The van der Waals surface area contributed by atoms with Crippen LogP contribution in [0.5, 0.6) is 0 Å². The molecular weight excluding hydrogens is 629 g/mol. The summed E-state index contributed by atoms with van der Waals surface area (Å²) in [4.78, 5) is 15.9. The molecule has 10 rings (SSSR count). The molecule has 0 bridgehead atoms. The second-order valence-electron chi connectivity index (χ2n) is 13.9. The van der Waals surface area contributed by atoms with Crippen LogP contribution in [0.1, 0.15) is 34.1 Å². The second kappa shape index (κ2) is 12.3. The second-order valence-corrected chi connectivity index (χ2v) is 13.9. The number of carbonyl (C=O) groups is 1. The summed E-state index contributed by atoms with van der Waals surface area (Å²) in [5.41, 5.74) is 18.0. The zero-order valence-corrected chi connectivity index (χ0v) is 28.5. The maximum Gasteiger partial charge on any atom is 0.156 e. The van der Waals surface area contributed by atoms with Crippen molar-refractivity contribution in [2.45, 2.75) is 11.8 Å². The number of hydrogen-bond acceptors (Lipinski definition) is 1. The molecule has 52 heavy (non-hydrogen) atoms. The van der Waals surface area contributed by atoms with Crippen LogP contribution in [0.4, 0.5) is 0 Å². The highest BCUT2D eigenvalue weighted by Crippen LogP contribution is 2.54. The van der Waals surface area contributed by atoms with Crippen molar-refractivity contribution in [3.05, 3.63) is 216 Å². The first-order chi connectivity index (χ1) is 25.7. The molecule has 2 aliphatic rings. The van der Waals surface area contributed by atoms with E-state index in [2.05, 4.69) is 170 Å². The minimum atomic E-state index is -0.429. The van der Waals surface area contributed by atoms with Crippen molar-refractivity contribution >= 4 is 5.78 Å². The van der Waals surface area contributed by atoms with E-state index in [9.17, 15) is 0 Å². The Kier molecular flexibility index (Phi) is 7.18. The van der Waals surface area contributed by atoms with E-state index in [0.29, 0.717) is 0 Å². The van der Waals surface area contributed by atoms with Crippen LogP contribution in [-0.4, -0.2) is 5.78 Å². The lowest BCUT2D eigenvalue weighted by molar-refractivity contribution is -0.120. The normalized spacial score (nSPS) is 12.9. The van der Waals surface area contributed by atoms with Crippen LogP contribution >= 0.6 is 0 Å². The molecule has 0 heterocycles. The highest BCUT2D eigenvalue weighted by atomic mass is 16.1. The SMILES string of the molecule is O=C(C1c2cc(-c3ccccc3)ccc2-c2ccc(-c3ccccc3)cc21)C1c2cc(-c3ccccc3)ccc2-c2ccc(-c3ccccc3)cc21. The van der Waals surface area contributed by atoms with Gasteiger partial charge in [-0.1, -0.05) is 170 Å². The van der Waals surface area contributed by atoms with Crippen molar-refractivity contribution in [1.29, 1.82) is 0 Å². The van der Waals surface area contributed by atoms with Crippen LogP contribution in [0.15, 0.2) is 194 Å². The fraction of sp³-hybridized carbons (Fsp3) is 0.0392. The molecule has 0 unspecified atom stereocenters. The topological polar surface area (TPSA) is 17.1 Å². The molecule has 0 N–H and O–H groups in total. The number of Topliss-reactive ketones (excluding diaryl/α,β-unsaturated/α-hetero) is 1. The highest BCUT2D eigenvalue weighted by Gasteiger charge is 2.42. The van der Waals surface area contributed by atoms with E-state index in [-0.39, 0.29) is 5.78 Å². The van der Waals surface area contributed by atoms with Gasteiger partial charge in [-0.15, -0.1) is 0 Å². The number of carbonyl (C=O) groups excluding carboxylic acids is 1. The Hall–Kier alpha value is -6.57. The summed E-state index contributed by atoms with van der Waals surface area (Å²) in [7, 11) is 0. The van der Waals surface area contributed by atoms with Gasteiger partial charge in [-0.25, -0.2) is 0 Å². The fourth-order valence-electron chi connectivity index (χ4n) is 8.54. The zero-order chi connectivity index (χ0) is 34.6. The smallest absolute Gasteiger partial charge is 0.156 e. The standard InChI is InChI=1S/C51H34O/c52-51(49-45-29-37(33-13-5-1-6-14-33)21-25-41(45)42-26-22-38(30-46(42)49)34-15-7-2-8-16-34)50-47-31-39(35-17-9-3-10-18-35)23-27-43(47)44-28-24-40(32-48(44)50)36-19-11-4-12-20-36/h1-32,49-50H. The van der Waals surface area contributed by atoms with E-state index in [4.69, 9.17) is 0 Å². The van der Waals surface area contributed by atoms with Gasteiger partial charge in [0.15, 0.2) is 5.78 Å². The molecule has 0 fully saturated rings. The predicted molar refractivity (Wildman–Crippen MR) is 214 cm³/mol. The van der Waals surface area contributed by atoms with Gasteiger partial charge >= 0.3 is 0 Å². The third-order valence-corrected chi connectivity index (χ3v) is 11.0. The molecule has 0 aromatic heterocycles. The molecular formula is C51H34O. The third-order valence-electron chi connectivity index (χ3n) is 11.0. The first-order valence-corrected chi connectivity index (χ1v) is 18.0. The lowest BCUT2D eigenvalue weighted by Crippen LogP contribution is -2.20. The molecule has 0 saturated carbocycles. The summed E-state index contributed by atoms with van der Waals surface area (Å²) < 4.78 is 0. The van der Waals surface area contributed by atoms with E-state index in [1.165, 1.54) is 0 Å². The van der Waals surface area contributed by atoms with Crippen LogP contribution in [0.3, 0.4) is 0 Å². The molecule has 8 aromatic rings. The Morgan fingerprint density at radius 3 is 0.731 bits per heavy atom. The minimum Gasteiger partial charge on any atom is -0.298 e. The predicted octanol–water partition coefficient (Wildman–Crippen LogP) is 12.8. The summed E-state index contributed by atoms with van der Waals surface area (Å²) in [6.45, 7) is 0. The van der Waals surface area contributed by atoms with Crippen LogP contribution in [0.25, 0.3) is 66.8 Å². The molecule has 8 aromatic carbocycles. The van der Waals surface area contributed by atoms with Gasteiger partial charge in [-0.3, -0.25) is 4.79 Å². The van der Waals surface area contributed by atoms with E-state index < -0.39 is 11.8 Å². The maximum atomic E-state index is 15.9. The minimum absolute atomic E-state index is 0.214. The van der Waals surface area contributed by atoms with Crippen molar-refractivity contribution in [1.82, 2.24) is 0 Å². The molecule has 0 aliphatic heterocycles. The zero-order valence-electron chi connectivity index (χ0n) is 28.5. The fourth-order valence-corrected chi connectivity index (χ4v) is 8.54. The number of fused-ring (bicyclic) bond motifs is 6. The molecule has 0 amide bonds. The lowest BCUT2D eigenvalue weighted by atomic mass is 9.79. The van der Waals surface area contributed by atoms with Gasteiger partial charge in [-0.05, 0) is 113 Å². The van der Waals surface area contributed by atoms with E-state index in [1.54, 1.807) is 0 Å². The average Bonchev–Trinajstić information content (AvgIpc) is 3.73. The number of rotatable bonds is 6. The van der Waals surface area contributed by atoms with Crippen molar-refractivity contribution in [3.63, 3.8) is 0 Å². The van der Waals surface area contributed by atoms with E-state index >= 15 is 4.79 Å². The van der Waals surface area contributed by atoms with Crippen molar-refractivity contribution < 1.29 is 4.79 Å². The van der Waals surface area contributed by atoms with E-state index in [1.807, 2.05) is 24.3 Å². The van der Waals surface area contributed by atoms with Crippen molar-refractivity contribution in [3.8, 4) is 66.8 Å². The maximum absolute atomic E-state index is 15.9. The summed E-state index contributed by atoms with van der Waals surface area (Å²) in [6.07, 6.45) is 0. The Morgan fingerprint density at radius 1 is 0.269 bits per heavy atom. The first-order valence-electron chi connectivity index (χ1n) is 18.0. The summed E-state index contributed by atoms with van der Waals surface area (Å²) in [5, 5.41) is 0. The van der Waals surface area contributed by atoms with Crippen LogP contribution in [0, 0.1) is 0 Å². The Morgan fingerprint density at radius 2 is 0.500 bits per heavy atom. The van der Waals surface area contributed by atoms with E-state index in [0.717, 1.165) is 89.0 Å². The van der Waals surface area contributed by atoms with Gasteiger partial charge in [0, 0.05) is 0 Å². The molecule has 0 radical (unpaired) electrons. The molecule has 244 valence electrons. The molecule has 1 nitrogen and oxygen atoms in total. The van der Waals surface area contributed by atoms with Gasteiger partial charge in [0.25, 0.3) is 0 Å². The monoisotopic (exact) mass is 662 g/mol. The Bertz CT molecular complexity index is 2260. The number of ketones is 1. The van der Waals surface area contributed by atoms with Gasteiger partial charge in [0.05, 0.1) is 11.8 Å². The molecule has 0 saturated heterocycles. The number of benzene rings is 8. The van der Waals surface area contributed by atoms with Gasteiger partial charge < -0.3 is 0 Å². The number of hydrogen-bond donors (Lipinski definition) is 0. The third kappa shape index (κ3) is 4.97. The van der Waals surface area contributed by atoms with Gasteiger partial charge in [0.1, 0.15) is 0 Å². The summed E-state index contributed by atoms with van der Waals surface area (Å²) >= 11 is 0. The summed E-state index contributed by atoms with van der Waals surface area (Å²) in [6, 6.07) is 68.8. The molecule has 1 heteroatoms. The lowest BCUT2D eigenvalue weighted by Gasteiger charge is -2.21. The van der Waals surface area contributed by atoms with Gasteiger partial charge in [-0.2, -0.15) is 0 Å². The van der Waals surface area contributed by atoms with Gasteiger partial charge in [0.2, 0.25) is 0 Å². The van der Waals surface area contributed by atoms with Crippen LogP contribution in [-0.2, 0) is 4.79 Å². The molecule has 0 spiro atoms. The first kappa shape index (κ1) is 30.3.